The fourth-order valence-corrected chi connectivity index (χ4v) is 1.97. The van der Waals surface area contributed by atoms with Crippen molar-refractivity contribution in [2.45, 2.75) is 6.54 Å². The summed E-state index contributed by atoms with van der Waals surface area (Å²) in [6.45, 7) is 0.234. The monoisotopic (exact) mass is 296 g/mol. The van der Waals surface area contributed by atoms with Gasteiger partial charge < -0.3 is 10.1 Å². The summed E-state index contributed by atoms with van der Waals surface area (Å²) in [5, 5.41) is 23.5. The second kappa shape index (κ2) is 5.26. The molecule has 0 aliphatic carbocycles. The third-order valence-corrected chi connectivity index (χ3v) is 3.01. The van der Waals surface area contributed by atoms with E-state index in [9.17, 15) is 10.1 Å². The van der Waals surface area contributed by atoms with Crippen LogP contribution in [0.3, 0.4) is 0 Å². The number of benzene rings is 1. The van der Waals surface area contributed by atoms with E-state index in [1.807, 2.05) is 6.07 Å². The zero-order valence-electron chi connectivity index (χ0n) is 9.38. The first-order valence-electron chi connectivity index (χ1n) is 5.07. The Labute approximate surface area is 117 Å². The minimum absolute atomic E-state index is 0.0326. The summed E-state index contributed by atoms with van der Waals surface area (Å²) in [7, 11) is 0. The summed E-state index contributed by atoms with van der Waals surface area (Å²) in [6, 6.07) is 6.77. The highest BCUT2D eigenvalue weighted by Crippen LogP contribution is 2.23. The van der Waals surface area contributed by atoms with Crippen molar-refractivity contribution >= 4 is 29.0 Å². The Hall–Kier alpha value is -2.10. The van der Waals surface area contributed by atoms with E-state index in [-0.39, 0.29) is 11.6 Å². The first-order chi connectivity index (χ1) is 9.01. The molecule has 1 aromatic carbocycles. The quantitative estimate of drug-likeness (QED) is 0.643. The molecular weight excluding hydrogens is 291 g/mol. The van der Waals surface area contributed by atoms with Crippen LogP contribution >= 0.6 is 23.2 Å². The van der Waals surface area contributed by atoms with Gasteiger partial charge in [0, 0.05) is 5.02 Å². The molecule has 0 radical (unpaired) electrons. The highest BCUT2D eigenvalue weighted by molar-refractivity contribution is 6.32. The van der Waals surface area contributed by atoms with E-state index < -0.39 is 10.7 Å². The van der Waals surface area contributed by atoms with Crippen molar-refractivity contribution in [1.82, 2.24) is 9.78 Å². The van der Waals surface area contributed by atoms with Crippen LogP contribution in [0.15, 0.2) is 24.4 Å². The number of hydrogen-bond acceptors (Lipinski definition) is 4. The van der Waals surface area contributed by atoms with Gasteiger partial charge in [-0.15, -0.1) is 0 Å². The number of nitro groups is 1. The Bertz CT molecular complexity index is 690. The third kappa shape index (κ3) is 2.84. The SMILES string of the molecule is N#Cc1ccc(Cn2cc(Cl)c([N+](=O)[O-])n2)c(Cl)c1. The molecule has 96 valence electrons. The van der Waals surface area contributed by atoms with Crippen LogP contribution in [0.2, 0.25) is 10.0 Å². The van der Waals surface area contributed by atoms with E-state index in [4.69, 9.17) is 28.5 Å². The van der Waals surface area contributed by atoms with Crippen molar-refractivity contribution in [3.05, 3.63) is 55.7 Å². The molecule has 6 nitrogen and oxygen atoms in total. The maximum Gasteiger partial charge on any atom is 0.408 e. The molecule has 0 saturated heterocycles. The number of nitrogens with zero attached hydrogens (tertiary/aromatic N) is 4. The lowest BCUT2D eigenvalue weighted by Gasteiger charge is -2.02. The molecule has 2 aromatic rings. The lowest BCUT2D eigenvalue weighted by atomic mass is 10.1. The molecule has 0 spiro atoms. The van der Waals surface area contributed by atoms with Crippen molar-refractivity contribution in [1.29, 1.82) is 5.26 Å². The van der Waals surface area contributed by atoms with Crippen LogP contribution in [-0.4, -0.2) is 14.7 Å². The van der Waals surface area contributed by atoms with Crippen molar-refractivity contribution in [2.75, 3.05) is 0 Å². The van der Waals surface area contributed by atoms with Gasteiger partial charge in [0.1, 0.15) is 0 Å². The van der Waals surface area contributed by atoms with Gasteiger partial charge in [-0.1, -0.05) is 29.3 Å². The van der Waals surface area contributed by atoms with Gasteiger partial charge in [0.05, 0.1) is 29.5 Å². The van der Waals surface area contributed by atoms with Gasteiger partial charge in [0.2, 0.25) is 0 Å². The molecule has 0 aliphatic rings. The summed E-state index contributed by atoms with van der Waals surface area (Å²) in [5.41, 5.74) is 1.13. The van der Waals surface area contributed by atoms with Gasteiger partial charge >= 0.3 is 5.82 Å². The van der Waals surface area contributed by atoms with Crippen molar-refractivity contribution < 1.29 is 4.92 Å². The van der Waals surface area contributed by atoms with Crippen LogP contribution in [0, 0.1) is 21.4 Å². The van der Waals surface area contributed by atoms with Crippen LogP contribution in [0.25, 0.3) is 0 Å². The average Bonchev–Trinajstić information content (AvgIpc) is 2.73. The van der Waals surface area contributed by atoms with Gasteiger partial charge in [-0.25, -0.2) is 0 Å². The topological polar surface area (TPSA) is 84.8 Å². The molecule has 2 rings (SSSR count). The first kappa shape index (κ1) is 13.3. The first-order valence-corrected chi connectivity index (χ1v) is 5.82. The molecular formula is C11H6Cl2N4O2. The summed E-state index contributed by atoms with van der Waals surface area (Å²) in [4.78, 5) is 9.97. The molecule has 0 atom stereocenters. The van der Waals surface area contributed by atoms with E-state index in [1.54, 1.807) is 12.1 Å². The molecule has 0 bridgehead atoms. The van der Waals surface area contributed by atoms with Crippen molar-refractivity contribution in [3.63, 3.8) is 0 Å². The Morgan fingerprint density at radius 3 is 2.68 bits per heavy atom. The molecule has 0 fully saturated rings. The average molecular weight is 297 g/mol. The maximum absolute atomic E-state index is 10.6. The van der Waals surface area contributed by atoms with Gasteiger partial charge in [-0.3, -0.25) is 0 Å². The van der Waals surface area contributed by atoms with Crippen molar-refractivity contribution in [2.24, 2.45) is 0 Å². The number of rotatable bonds is 3. The molecule has 0 unspecified atom stereocenters. The van der Waals surface area contributed by atoms with E-state index in [0.29, 0.717) is 16.1 Å². The Morgan fingerprint density at radius 1 is 1.42 bits per heavy atom. The highest BCUT2D eigenvalue weighted by atomic mass is 35.5. The summed E-state index contributed by atoms with van der Waals surface area (Å²) in [6.07, 6.45) is 1.36. The molecule has 19 heavy (non-hydrogen) atoms. The zero-order chi connectivity index (χ0) is 14.0. The molecule has 0 N–H and O–H groups in total. The lowest BCUT2D eigenvalue weighted by molar-refractivity contribution is -0.389. The zero-order valence-corrected chi connectivity index (χ0v) is 10.9. The van der Waals surface area contributed by atoms with Gasteiger partial charge in [0.25, 0.3) is 0 Å². The number of aromatic nitrogens is 2. The van der Waals surface area contributed by atoms with E-state index in [1.165, 1.54) is 16.9 Å². The highest BCUT2D eigenvalue weighted by Gasteiger charge is 2.19. The number of nitriles is 1. The molecule has 0 saturated carbocycles. The van der Waals surface area contributed by atoms with Crippen molar-refractivity contribution in [3.8, 4) is 6.07 Å². The standard InChI is InChI=1S/C11H6Cl2N4O2/c12-9-3-7(4-14)1-2-8(9)5-16-6-10(13)11(15-16)17(18)19/h1-3,6H,5H2. The lowest BCUT2D eigenvalue weighted by Crippen LogP contribution is -2.02. The van der Waals surface area contributed by atoms with E-state index >= 15 is 0 Å². The van der Waals surface area contributed by atoms with Crippen LogP contribution in [0.4, 0.5) is 5.82 Å². The van der Waals surface area contributed by atoms with Crippen LogP contribution < -0.4 is 0 Å². The maximum atomic E-state index is 10.6. The van der Waals surface area contributed by atoms with Gasteiger partial charge in [0.15, 0.2) is 5.02 Å². The summed E-state index contributed by atoms with van der Waals surface area (Å²) in [5.74, 6) is -0.397. The van der Waals surface area contributed by atoms with Crippen LogP contribution in [0.5, 0.6) is 0 Å². The second-order valence-corrected chi connectivity index (χ2v) is 4.49. The Balaban J connectivity index is 2.29. The number of hydrogen-bond donors (Lipinski definition) is 0. The summed E-state index contributed by atoms with van der Waals surface area (Å²) < 4.78 is 1.33. The third-order valence-electron chi connectivity index (χ3n) is 2.39. The molecule has 1 aromatic heterocycles. The van der Waals surface area contributed by atoms with Gasteiger partial charge in [-0.2, -0.15) is 9.94 Å². The smallest absolute Gasteiger partial charge is 0.358 e. The molecule has 0 amide bonds. The molecule has 0 aliphatic heterocycles. The second-order valence-electron chi connectivity index (χ2n) is 3.67. The normalized spacial score (nSPS) is 10.2. The fraction of sp³-hybridized carbons (Fsp3) is 0.0909. The minimum atomic E-state index is -0.654. The predicted octanol–water partition coefficient (Wildman–Crippen LogP) is 3.02. The molecule has 8 heteroatoms. The Kier molecular flexibility index (Phi) is 3.69. The minimum Gasteiger partial charge on any atom is -0.358 e. The Morgan fingerprint density at radius 2 is 2.16 bits per heavy atom. The van der Waals surface area contributed by atoms with Crippen LogP contribution in [0.1, 0.15) is 11.1 Å². The predicted molar refractivity (Wildman–Crippen MR) is 69.2 cm³/mol. The van der Waals surface area contributed by atoms with E-state index in [0.717, 1.165) is 0 Å². The summed E-state index contributed by atoms with van der Waals surface area (Å²) >= 11 is 11.7. The largest absolute Gasteiger partial charge is 0.408 e. The fourth-order valence-electron chi connectivity index (χ4n) is 1.51. The van der Waals surface area contributed by atoms with Crippen LogP contribution in [-0.2, 0) is 6.54 Å². The van der Waals surface area contributed by atoms with Gasteiger partial charge in [-0.05, 0) is 22.6 Å². The molecule has 1 heterocycles. The van der Waals surface area contributed by atoms with E-state index in [2.05, 4.69) is 5.10 Å². The number of halogens is 2.